The highest BCUT2D eigenvalue weighted by molar-refractivity contribution is 6.33. The van der Waals surface area contributed by atoms with Gasteiger partial charge in [0.05, 0.1) is 23.0 Å². The van der Waals surface area contributed by atoms with E-state index in [1.165, 1.54) is 23.8 Å². The predicted molar refractivity (Wildman–Crippen MR) is 143 cm³/mol. The average molecular weight is 518 g/mol. The predicted octanol–water partition coefficient (Wildman–Crippen LogP) is 5.24. The van der Waals surface area contributed by atoms with Gasteiger partial charge in [-0.05, 0) is 35.3 Å². The molecule has 1 saturated heterocycles. The number of amides is 2. The van der Waals surface area contributed by atoms with E-state index in [0.29, 0.717) is 13.0 Å². The number of nitrogens with one attached hydrogen (secondary N) is 1. The fourth-order valence-corrected chi connectivity index (χ4v) is 5.44. The highest BCUT2D eigenvalue weighted by Crippen LogP contribution is 2.32. The molecule has 5 nitrogen and oxygen atoms in total. The molecular weight excluding hydrogens is 489 g/mol. The lowest BCUT2D eigenvalue weighted by atomic mass is 10.0. The molecule has 0 saturated carbocycles. The molecule has 37 heavy (non-hydrogen) atoms. The summed E-state index contributed by atoms with van der Waals surface area (Å²) >= 11 is 6.10. The molecule has 2 heterocycles. The lowest BCUT2D eigenvalue weighted by Crippen LogP contribution is -2.34. The van der Waals surface area contributed by atoms with Crippen molar-refractivity contribution in [2.24, 2.45) is 5.92 Å². The minimum absolute atomic E-state index is 0.00186. The molecule has 1 N–H and O–H groups in total. The molecule has 0 aliphatic carbocycles. The van der Waals surface area contributed by atoms with E-state index in [1.54, 1.807) is 4.90 Å². The van der Waals surface area contributed by atoms with Crippen LogP contribution in [0.25, 0.3) is 0 Å². The summed E-state index contributed by atoms with van der Waals surface area (Å²) in [5.41, 5.74) is 3.17. The van der Waals surface area contributed by atoms with Gasteiger partial charge in [0.25, 0.3) is 5.91 Å². The molecule has 2 amide bonds. The number of fused-ring (bicyclic) bond motifs is 1. The first-order valence-electron chi connectivity index (χ1n) is 12.5. The summed E-state index contributed by atoms with van der Waals surface area (Å²) in [6, 6.07) is 24.0. The van der Waals surface area contributed by atoms with Gasteiger partial charge in [0.1, 0.15) is 5.82 Å². The molecule has 1 fully saturated rings. The zero-order valence-corrected chi connectivity index (χ0v) is 21.2. The molecule has 2 aliphatic rings. The van der Waals surface area contributed by atoms with Crippen molar-refractivity contribution < 1.29 is 14.0 Å². The summed E-state index contributed by atoms with van der Waals surface area (Å²) in [5, 5.41) is 3.35. The Bertz CT molecular complexity index is 1280. The monoisotopic (exact) mass is 517 g/mol. The second kappa shape index (κ2) is 11.3. The normalized spacial score (nSPS) is 17.8. The molecule has 190 valence electrons. The standard InChI is InChI=1S/C30H29ClFN3O2/c31-25-12-7-13-26(32)29(25)30(37)35-19-23-17-34(18-24(23)20-35)15-14-27(22-10-5-2-6-11-22)33-28(36)16-21-8-3-1-4-9-21/h1-13,19,24,27H,14-18,20H2,(H,33,36)/t24?,27-/m0/s1. The Morgan fingerprint density at radius 2 is 1.70 bits per heavy atom. The Labute approximate surface area is 221 Å². The Hall–Kier alpha value is -3.48. The fraction of sp³-hybridized carbons (Fsp3) is 0.267. The SMILES string of the molecule is O=C(Cc1ccccc1)N[C@@H](CCN1CC2=CN(C(=O)c3c(F)cccc3Cl)CC2C1)c1ccccc1. The van der Waals surface area contributed by atoms with Crippen molar-refractivity contribution in [1.29, 1.82) is 0 Å². The maximum absolute atomic E-state index is 14.2. The number of rotatable bonds is 8. The molecular formula is C30H29ClFN3O2. The number of carbonyl (C=O) groups is 2. The van der Waals surface area contributed by atoms with Gasteiger partial charge in [-0.25, -0.2) is 4.39 Å². The van der Waals surface area contributed by atoms with Crippen LogP contribution in [0, 0.1) is 11.7 Å². The van der Waals surface area contributed by atoms with Gasteiger partial charge in [-0.15, -0.1) is 0 Å². The summed E-state index contributed by atoms with van der Waals surface area (Å²) < 4.78 is 14.2. The van der Waals surface area contributed by atoms with Gasteiger partial charge in [0.2, 0.25) is 5.91 Å². The van der Waals surface area contributed by atoms with Crippen LogP contribution in [0.5, 0.6) is 0 Å². The third-order valence-electron chi connectivity index (χ3n) is 7.06. The molecule has 3 aromatic rings. The van der Waals surface area contributed by atoms with Crippen LogP contribution < -0.4 is 5.32 Å². The number of likely N-dealkylation sites (tertiary alicyclic amines) is 1. The summed E-state index contributed by atoms with van der Waals surface area (Å²) in [4.78, 5) is 29.7. The Kier molecular flexibility index (Phi) is 7.68. The quantitative estimate of drug-likeness (QED) is 0.444. The average Bonchev–Trinajstić information content (AvgIpc) is 3.47. The molecule has 0 spiro atoms. The highest BCUT2D eigenvalue weighted by atomic mass is 35.5. The smallest absolute Gasteiger partial charge is 0.262 e. The molecule has 2 aliphatic heterocycles. The minimum Gasteiger partial charge on any atom is -0.349 e. The molecule has 0 bridgehead atoms. The zero-order chi connectivity index (χ0) is 25.8. The van der Waals surface area contributed by atoms with E-state index in [4.69, 9.17) is 11.6 Å². The van der Waals surface area contributed by atoms with E-state index in [0.717, 1.165) is 37.2 Å². The second-order valence-electron chi connectivity index (χ2n) is 9.67. The molecule has 0 aromatic heterocycles. The summed E-state index contributed by atoms with van der Waals surface area (Å²) in [6.45, 7) is 2.90. The van der Waals surface area contributed by atoms with E-state index < -0.39 is 11.7 Å². The molecule has 1 unspecified atom stereocenters. The topological polar surface area (TPSA) is 52.7 Å². The Morgan fingerprint density at radius 1 is 0.973 bits per heavy atom. The fourth-order valence-electron chi connectivity index (χ4n) is 5.20. The van der Waals surface area contributed by atoms with Gasteiger partial charge in [-0.2, -0.15) is 0 Å². The maximum atomic E-state index is 14.2. The van der Waals surface area contributed by atoms with Crippen LogP contribution in [0.1, 0.15) is 33.9 Å². The van der Waals surface area contributed by atoms with E-state index in [9.17, 15) is 14.0 Å². The number of hydrogen-bond acceptors (Lipinski definition) is 3. The lowest BCUT2D eigenvalue weighted by molar-refractivity contribution is -0.121. The number of hydrogen-bond donors (Lipinski definition) is 1. The Balaban J connectivity index is 1.20. The van der Waals surface area contributed by atoms with E-state index in [2.05, 4.69) is 10.2 Å². The number of nitrogens with zero attached hydrogens (tertiary/aromatic N) is 2. The molecule has 3 aromatic carbocycles. The van der Waals surface area contributed by atoms with E-state index >= 15 is 0 Å². The molecule has 7 heteroatoms. The third kappa shape index (κ3) is 5.92. The van der Waals surface area contributed by atoms with Gasteiger partial charge >= 0.3 is 0 Å². The number of carbonyl (C=O) groups excluding carboxylic acids is 2. The van der Waals surface area contributed by atoms with Gasteiger partial charge < -0.3 is 10.2 Å². The molecule has 0 radical (unpaired) electrons. The van der Waals surface area contributed by atoms with Crippen LogP contribution in [0.4, 0.5) is 4.39 Å². The summed E-state index contributed by atoms with van der Waals surface area (Å²) in [7, 11) is 0. The van der Waals surface area contributed by atoms with Crippen molar-refractivity contribution in [3.8, 4) is 0 Å². The van der Waals surface area contributed by atoms with E-state index in [-0.39, 0.29) is 28.5 Å². The van der Waals surface area contributed by atoms with Crippen LogP contribution in [0.15, 0.2) is 90.6 Å². The zero-order valence-electron chi connectivity index (χ0n) is 20.4. The van der Waals surface area contributed by atoms with Crippen LogP contribution in [0.2, 0.25) is 5.02 Å². The molecule has 5 rings (SSSR count). The van der Waals surface area contributed by atoms with Crippen molar-refractivity contribution in [3.05, 3.63) is 118 Å². The summed E-state index contributed by atoms with van der Waals surface area (Å²) in [6.07, 6.45) is 2.98. The van der Waals surface area contributed by atoms with Crippen molar-refractivity contribution in [3.63, 3.8) is 0 Å². The van der Waals surface area contributed by atoms with Gasteiger partial charge in [0.15, 0.2) is 0 Å². The van der Waals surface area contributed by atoms with Gasteiger partial charge in [-0.3, -0.25) is 14.5 Å². The molecule has 2 atom stereocenters. The lowest BCUT2D eigenvalue weighted by Gasteiger charge is -2.24. The van der Waals surface area contributed by atoms with Crippen molar-refractivity contribution >= 4 is 23.4 Å². The number of halogens is 2. The highest BCUT2D eigenvalue weighted by Gasteiger charge is 2.36. The largest absolute Gasteiger partial charge is 0.349 e. The first kappa shape index (κ1) is 25.2. The Morgan fingerprint density at radius 3 is 2.41 bits per heavy atom. The van der Waals surface area contributed by atoms with Gasteiger partial charge in [0, 0.05) is 38.3 Å². The van der Waals surface area contributed by atoms with Crippen LogP contribution in [-0.4, -0.2) is 47.8 Å². The van der Waals surface area contributed by atoms with Gasteiger partial charge in [-0.1, -0.05) is 78.3 Å². The van der Waals surface area contributed by atoms with Crippen molar-refractivity contribution in [2.75, 3.05) is 26.2 Å². The van der Waals surface area contributed by atoms with Crippen molar-refractivity contribution in [2.45, 2.75) is 18.9 Å². The maximum Gasteiger partial charge on any atom is 0.262 e. The first-order chi connectivity index (χ1) is 18.0. The van der Waals surface area contributed by atoms with Crippen molar-refractivity contribution in [1.82, 2.24) is 15.1 Å². The summed E-state index contributed by atoms with van der Waals surface area (Å²) in [5.74, 6) is -0.781. The third-order valence-corrected chi connectivity index (χ3v) is 7.38. The van der Waals surface area contributed by atoms with E-state index in [1.807, 2.05) is 66.9 Å². The first-order valence-corrected chi connectivity index (χ1v) is 12.9. The minimum atomic E-state index is -0.601. The second-order valence-corrected chi connectivity index (χ2v) is 10.1. The van der Waals surface area contributed by atoms with Crippen LogP contribution in [0.3, 0.4) is 0 Å². The van der Waals surface area contributed by atoms with Crippen LogP contribution >= 0.6 is 11.6 Å². The number of benzene rings is 3. The van der Waals surface area contributed by atoms with Crippen LogP contribution in [-0.2, 0) is 11.2 Å².